The van der Waals surface area contributed by atoms with Crippen molar-refractivity contribution in [2.45, 2.75) is 44.4 Å². The Morgan fingerprint density at radius 1 is 0.688 bits per heavy atom. The van der Waals surface area contributed by atoms with Crippen molar-refractivity contribution < 1.29 is 9.31 Å². The molecule has 0 aromatic heterocycles. The van der Waals surface area contributed by atoms with Crippen LogP contribution >= 0.6 is 0 Å². The van der Waals surface area contributed by atoms with Gasteiger partial charge in [-0.15, -0.1) is 0 Å². The van der Waals surface area contributed by atoms with Gasteiger partial charge in [-0.2, -0.15) is 4.58 Å². The molecule has 0 fully saturated rings. The van der Waals surface area contributed by atoms with E-state index >= 15 is 0 Å². The minimum atomic E-state index is -0.183. The van der Waals surface area contributed by atoms with Crippen LogP contribution in [0, 0.1) is 6.92 Å². The Kier molecular flexibility index (Phi) is 9.50. The molecule has 0 bridgehead atoms. The second-order valence-corrected chi connectivity index (χ2v) is 13.5. The molecule has 0 saturated carbocycles. The lowest BCUT2D eigenvalue weighted by Crippen LogP contribution is -2.33. The lowest BCUT2D eigenvalue weighted by molar-refractivity contribution is -0.401. The zero-order chi connectivity index (χ0) is 33.7. The summed E-state index contributed by atoms with van der Waals surface area (Å²) in [7, 11) is 6.09. The van der Waals surface area contributed by atoms with Crippen LogP contribution < -0.4 is 9.64 Å². The molecule has 242 valence electrons. The minimum Gasteiger partial charge on any atom is -0.497 e. The van der Waals surface area contributed by atoms with Gasteiger partial charge in [0.25, 0.3) is 0 Å². The first-order valence-electron chi connectivity index (χ1n) is 16.9. The van der Waals surface area contributed by atoms with Gasteiger partial charge in [0, 0.05) is 41.6 Å². The number of anilines is 1. The molecule has 3 nitrogen and oxygen atoms in total. The van der Waals surface area contributed by atoms with Crippen LogP contribution in [0.1, 0.15) is 41.7 Å². The topological polar surface area (TPSA) is 15.5 Å². The molecule has 4 aromatic rings. The maximum atomic E-state index is 5.62. The summed E-state index contributed by atoms with van der Waals surface area (Å²) in [6.07, 6.45) is 21.2. The zero-order valence-electron chi connectivity index (χ0n) is 29.2. The van der Waals surface area contributed by atoms with Gasteiger partial charge in [0.15, 0.2) is 5.71 Å². The fourth-order valence-electron chi connectivity index (χ4n) is 7.62. The highest BCUT2D eigenvalue weighted by Gasteiger charge is 2.47. The van der Waals surface area contributed by atoms with E-state index in [2.05, 4.69) is 190 Å². The van der Waals surface area contributed by atoms with Crippen molar-refractivity contribution in [1.82, 2.24) is 0 Å². The van der Waals surface area contributed by atoms with E-state index in [0.717, 1.165) is 18.6 Å². The van der Waals surface area contributed by atoms with E-state index in [1.165, 1.54) is 50.6 Å². The molecule has 0 spiro atoms. The third kappa shape index (κ3) is 6.38. The molecule has 3 heteroatoms. The Bertz CT molecular complexity index is 1960. The van der Waals surface area contributed by atoms with E-state index < -0.39 is 0 Å². The van der Waals surface area contributed by atoms with Crippen LogP contribution in [0.4, 0.5) is 11.4 Å². The van der Waals surface area contributed by atoms with Gasteiger partial charge in [0.1, 0.15) is 12.8 Å². The van der Waals surface area contributed by atoms with Gasteiger partial charge in [-0.3, -0.25) is 0 Å². The number of allylic oxidation sites excluding steroid dienone is 10. The molecule has 0 saturated heterocycles. The van der Waals surface area contributed by atoms with Gasteiger partial charge < -0.3 is 9.64 Å². The number of benzene rings is 4. The summed E-state index contributed by atoms with van der Waals surface area (Å²) in [6.45, 7) is 6.91. The van der Waals surface area contributed by atoms with Gasteiger partial charge in [0.2, 0.25) is 5.69 Å². The Labute approximate surface area is 287 Å². The largest absolute Gasteiger partial charge is 0.497 e. The number of nitrogens with zero attached hydrogens (tertiary/aromatic N) is 2. The molecule has 0 radical (unpaired) electrons. The standard InChI is InChI=1S/C45H47N2O/c1-34-26-28-40-38(30-34)44(2,32-35-20-14-12-15-21-35)42(46(40)4)24-18-10-8-7-9-11-19-25-43-45(3,33-36-22-16-13-17-23-36)39-31-37(48-6)27-29-41(39)47(43)5/h7-31H,32-33H2,1-6H3/q+1. The lowest BCUT2D eigenvalue weighted by Gasteiger charge is -2.29. The van der Waals surface area contributed by atoms with Crippen LogP contribution in [0.3, 0.4) is 0 Å². The fourth-order valence-corrected chi connectivity index (χ4v) is 7.62. The highest BCUT2D eigenvalue weighted by Crippen LogP contribution is 2.49. The summed E-state index contributed by atoms with van der Waals surface area (Å²) in [6, 6.07) is 34.8. The van der Waals surface area contributed by atoms with Crippen molar-refractivity contribution in [1.29, 1.82) is 0 Å². The quantitative estimate of drug-likeness (QED) is 0.128. The van der Waals surface area contributed by atoms with Crippen molar-refractivity contribution in [2.24, 2.45) is 0 Å². The molecule has 0 amide bonds. The predicted molar refractivity (Wildman–Crippen MR) is 203 cm³/mol. The number of aryl methyl sites for hydroxylation is 1. The van der Waals surface area contributed by atoms with Crippen LogP contribution in [-0.2, 0) is 23.7 Å². The number of fused-ring (bicyclic) bond motifs is 2. The number of methoxy groups -OCH3 is 1. The second-order valence-electron chi connectivity index (χ2n) is 13.5. The van der Waals surface area contributed by atoms with Crippen LogP contribution in [0.25, 0.3) is 0 Å². The fraction of sp³-hybridized carbons (Fsp3) is 0.222. The average Bonchev–Trinajstić information content (AvgIpc) is 3.42. The molecule has 4 aromatic carbocycles. The molecule has 48 heavy (non-hydrogen) atoms. The molecule has 2 unspecified atom stereocenters. The number of ether oxygens (including phenoxy) is 1. The summed E-state index contributed by atoms with van der Waals surface area (Å²) in [5.74, 6) is 0.889. The first kappa shape index (κ1) is 32.8. The Morgan fingerprint density at radius 3 is 1.94 bits per heavy atom. The summed E-state index contributed by atoms with van der Waals surface area (Å²) in [4.78, 5) is 2.36. The minimum absolute atomic E-state index is 0.110. The second kappa shape index (κ2) is 13.9. The summed E-state index contributed by atoms with van der Waals surface area (Å²) in [5.41, 5.74) is 11.5. The first-order valence-corrected chi connectivity index (χ1v) is 16.9. The monoisotopic (exact) mass is 631 g/mol. The Morgan fingerprint density at radius 2 is 1.29 bits per heavy atom. The van der Waals surface area contributed by atoms with E-state index in [0.29, 0.717) is 0 Å². The normalized spacial score (nSPS) is 21.5. The van der Waals surface area contributed by atoms with E-state index in [1.807, 2.05) is 6.07 Å². The smallest absolute Gasteiger partial charge is 0.209 e. The maximum absolute atomic E-state index is 5.62. The number of hydrogen-bond donors (Lipinski definition) is 0. The SMILES string of the molecule is COc1ccc2c(c1)C(C)(Cc1ccccc1)C(C=CC=CC=CC=CC=C1N(C)c3ccc(C)cc3C1(C)Cc1ccccc1)=[N+]2C. The van der Waals surface area contributed by atoms with Crippen molar-refractivity contribution in [2.75, 3.05) is 26.1 Å². The van der Waals surface area contributed by atoms with Crippen LogP contribution in [0.2, 0.25) is 0 Å². The molecule has 2 atom stereocenters. The van der Waals surface area contributed by atoms with E-state index in [-0.39, 0.29) is 10.8 Å². The molecule has 2 aliphatic heterocycles. The summed E-state index contributed by atoms with van der Waals surface area (Å²) in [5, 5.41) is 0. The van der Waals surface area contributed by atoms with E-state index in [4.69, 9.17) is 4.74 Å². The van der Waals surface area contributed by atoms with Gasteiger partial charge in [0.05, 0.1) is 12.5 Å². The molecule has 0 aliphatic carbocycles. The number of likely N-dealkylation sites (N-methyl/N-ethyl adjacent to an activating group) is 1. The van der Waals surface area contributed by atoms with Crippen LogP contribution in [0.15, 0.2) is 157 Å². The molecule has 6 rings (SSSR count). The van der Waals surface area contributed by atoms with E-state index in [9.17, 15) is 0 Å². The highest BCUT2D eigenvalue weighted by atomic mass is 16.5. The van der Waals surface area contributed by atoms with Crippen molar-refractivity contribution in [3.63, 3.8) is 0 Å². The zero-order valence-corrected chi connectivity index (χ0v) is 29.2. The van der Waals surface area contributed by atoms with Gasteiger partial charge in [-0.25, -0.2) is 0 Å². The molecular formula is C45H47N2O+. The molecule has 0 N–H and O–H groups in total. The third-order valence-corrected chi connectivity index (χ3v) is 10.1. The van der Waals surface area contributed by atoms with Crippen molar-refractivity contribution in [3.8, 4) is 5.75 Å². The maximum Gasteiger partial charge on any atom is 0.209 e. The van der Waals surface area contributed by atoms with E-state index in [1.54, 1.807) is 7.11 Å². The number of rotatable bonds is 10. The van der Waals surface area contributed by atoms with Gasteiger partial charge >= 0.3 is 0 Å². The summed E-state index contributed by atoms with van der Waals surface area (Å²) < 4.78 is 7.94. The summed E-state index contributed by atoms with van der Waals surface area (Å²) >= 11 is 0. The lowest BCUT2D eigenvalue weighted by atomic mass is 9.74. The van der Waals surface area contributed by atoms with Gasteiger partial charge in [-0.05, 0) is 74.6 Å². The van der Waals surface area contributed by atoms with Crippen LogP contribution in [-0.4, -0.2) is 31.5 Å². The first-order chi connectivity index (χ1) is 23.2. The third-order valence-electron chi connectivity index (χ3n) is 10.1. The molecule has 2 heterocycles. The molecule has 2 aliphatic rings. The average molecular weight is 632 g/mol. The predicted octanol–water partition coefficient (Wildman–Crippen LogP) is 9.99. The highest BCUT2D eigenvalue weighted by molar-refractivity contribution is 6.03. The van der Waals surface area contributed by atoms with Crippen LogP contribution in [0.5, 0.6) is 5.75 Å². The van der Waals surface area contributed by atoms with Crippen molar-refractivity contribution in [3.05, 3.63) is 185 Å². The molecular weight excluding hydrogens is 585 g/mol. The van der Waals surface area contributed by atoms with Gasteiger partial charge in [-0.1, -0.05) is 121 Å². The Balaban J connectivity index is 1.18. The number of hydrogen-bond acceptors (Lipinski definition) is 2. The van der Waals surface area contributed by atoms with Crippen molar-refractivity contribution >= 4 is 17.1 Å². The Hall–Kier alpha value is -5.15.